The molecule has 72 valence electrons. The van der Waals surface area contributed by atoms with E-state index in [1.807, 2.05) is 7.05 Å². The van der Waals surface area contributed by atoms with Gasteiger partial charge in [0.25, 0.3) is 0 Å². The number of aromatic nitrogens is 3. The molecule has 0 bridgehead atoms. The van der Waals surface area contributed by atoms with Crippen molar-refractivity contribution in [2.45, 2.75) is 12.5 Å². The van der Waals surface area contributed by atoms with Gasteiger partial charge in [0.15, 0.2) is 0 Å². The van der Waals surface area contributed by atoms with Crippen molar-refractivity contribution in [1.29, 1.82) is 0 Å². The van der Waals surface area contributed by atoms with Crippen LogP contribution in [0.1, 0.15) is 5.82 Å². The summed E-state index contributed by atoms with van der Waals surface area (Å²) in [6.07, 6.45) is 2.10. The summed E-state index contributed by atoms with van der Waals surface area (Å²) in [7, 11) is 1.87. The molecule has 5 nitrogen and oxygen atoms in total. The molecule has 1 aromatic rings. The molecule has 1 aliphatic heterocycles. The largest absolute Gasteiger partial charge is 0.391 e. The molecule has 0 spiro atoms. The molecule has 0 aliphatic carbocycles. The molecule has 2 atom stereocenters. The summed E-state index contributed by atoms with van der Waals surface area (Å²) in [5.41, 5.74) is 0. The van der Waals surface area contributed by atoms with Crippen LogP contribution in [0, 0.1) is 5.92 Å². The summed E-state index contributed by atoms with van der Waals surface area (Å²) in [5.74, 6) is 1.22. The van der Waals surface area contributed by atoms with E-state index in [0.29, 0.717) is 6.54 Å². The highest BCUT2D eigenvalue weighted by atomic mass is 16.3. The second-order valence-electron chi connectivity index (χ2n) is 3.49. The number of nitrogens with zero attached hydrogens (tertiary/aromatic N) is 3. The van der Waals surface area contributed by atoms with Crippen LogP contribution in [0.15, 0.2) is 6.33 Å². The van der Waals surface area contributed by atoms with Gasteiger partial charge in [-0.1, -0.05) is 0 Å². The van der Waals surface area contributed by atoms with Crippen LogP contribution in [0.4, 0.5) is 0 Å². The van der Waals surface area contributed by atoms with Gasteiger partial charge >= 0.3 is 0 Å². The van der Waals surface area contributed by atoms with E-state index in [-0.39, 0.29) is 12.0 Å². The first-order valence-electron chi connectivity index (χ1n) is 4.49. The van der Waals surface area contributed by atoms with Gasteiger partial charge in [0.1, 0.15) is 12.2 Å². The number of nitrogens with one attached hydrogen (secondary N) is 1. The van der Waals surface area contributed by atoms with Crippen molar-refractivity contribution in [1.82, 2.24) is 20.1 Å². The van der Waals surface area contributed by atoms with Crippen molar-refractivity contribution in [2.24, 2.45) is 13.0 Å². The van der Waals surface area contributed by atoms with Gasteiger partial charge in [0.05, 0.1) is 6.10 Å². The van der Waals surface area contributed by atoms with Gasteiger partial charge in [-0.15, -0.1) is 0 Å². The monoisotopic (exact) mass is 182 g/mol. The fourth-order valence-corrected chi connectivity index (χ4v) is 1.67. The number of hydrogen-bond acceptors (Lipinski definition) is 4. The number of β-amino-alcohol motifs (C(OH)–C–C–N with tert-alkyl or cyclic N) is 1. The predicted octanol–water partition coefficient (Wildman–Crippen LogP) is -1.06. The normalized spacial score (nSPS) is 28.2. The van der Waals surface area contributed by atoms with Crippen molar-refractivity contribution >= 4 is 0 Å². The minimum Gasteiger partial charge on any atom is -0.391 e. The summed E-state index contributed by atoms with van der Waals surface area (Å²) >= 11 is 0. The first-order chi connectivity index (χ1) is 6.27. The number of rotatable bonds is 2. The van der Waals surface area contributed by atoms with E-state index >= 15 is 0 Å². The number of aliphatic hydroxyl groups is 1. The third-order valence-electron chi connectivity index (χ3n) is 2.55. The highest BCUT2D eigenvalue weighted by Crippen LogP contribution is 2.13. The van der Waals surface area contributed by atoms with Crippen molar-refractivity contribution in [3.8, 4) is 0 Å². The fourth-order valence-electron chi connectivity index (χ4n) is 1.67. The Morgan fingerprint density at radius 1 is 1.69 bits per heavy atom. The maximum Gasteiger partial charge on any atom is 0.138 e. The molecule has 13 heavy (non-hydrogen) atoms. The average molecular weight is 182 g/mol. The molecule has 0 aromatic carbocycles. The quantitative estimate of drug-likeness (QED) is 0.612. The average Bonchev–Trinajstić information content (AvgIpc) is 2.65. The molecular formula is C8H14N4O. The Labute approximate surface area is 76.8 Å². The van der Waals surface area contributed by atoms with Gasteiger partial charge in [0.2, 0.25) is 0 Å². The number of hydrogen-bond donors (Lipinski definition) is 2. The molecule has 0 radical (unpaired) electrons. The van der Waals surface area contributed by atoms with E-state index in [2.05, 4.69) is 15.4 Å². The van der Waals surface area contributed by atoms with E-state index in [0.717, 1.165) is 18.8 Å². The Kier molecular flexibility index (Phi) is 2.28. The van der Waals surface area contributed by atoms with Gasteiger partial charge in [-0.05, 0) is 0 Å². The SMILES string of the molecule is Cn1ncnc1C[C@@H]1CNC[C@H]1O. The molecule has 0 saturated carbocycles. The lowest BCUT2D eigenvalue weighted by atomic mass is 10.0. The third kappa shape index (κ3) is 1.71. The van der Waals surface area contributed by atoms with Gasteiger partial charge in [0, 0.05) is 32.5 Å². The third-order valence-corrected chi connectivity index (χ3v) is 2.55. The number of aryl methyl sites for hydroxylation is 1. The highest BCUT2D eigenvalue weighted by molar-refractivity contribution is 4.92. The standard InChI is InChI=1S/C8H14N4O/c1-12-8(10-5-11-12)2-6-3-9-4-7(6)13/h5-7,9,13H,2-4H2,1H3/t6-,7-/m1/s1. The molecule has 2 heterocycles. The Morgan fingerprint density at radius 2 is 2.54 bits per heavy atom. The maximum atomic E-state index is 9.56. The minimum atomic E-state index is -0.239. The Bertz CT molecular complexity index is 285. The van der Waals surface area contributed by atoms with Gasteiger partial charge in [-0.25, -0.2) is 4.98 Å². The zero-order valence-electron chi connectivity index (χ0n) is 7.64. The van der Waals surface area contributed by atoms with Gasteiger partial charge in [-0.2, -0.15) is 5.10 Å². The van der Waals surface area contributed by atoms with Crippen LogP contribution in [-0.4, -0.2) is 39.1 Å². The van der Waals surface area contributed by atoms with Crippen molar-refractivity contribution in [3.63, 3.8) is 0 Å². The molecule has 1 fully saturated rings. The first-order valence-corrected chi connectivity index (χ1v) is 4.49. The minimum absolute atomic E-state index is 0.239. The summed E-state index contributed by atoms with van der Waals surface area (Å²) in [6.45, 7) is 1.57. The second-order valence-corrected chi connectivity index (χ2v) is 3.49. The second kappa shape index (κ2) is 3.43. The lowest BCUT2D eigenvalue weighted by Crippen LogP contribution is -2.21. The molecule has 5 heteroatoms. The lowest BCUT2D eigenvalue weighted by Gasteiger charge is -2.11. The summed E-state index contributed by atoms with van der Waals surface area (Å²) in [5, 5.41) is 16.7. The molecule has 0 unspecified atom stereocenters. The predicted molar refractivity (Wildman–Crippen MR) is 47.1 cm³/mol. The van der Waals surface area contributed by atoms with E-state index in [1.165, 1.54) is 0 Å². The molecule has 1 aliphatic rings. The molecule has 1 aromatic heterocycles. The topological polar surface area (TPSA) is 63.0 Å². The Hall–Kier alpha value is -0.940. The van der Waals surface area contributed by atoms with Crippen molar-refractivity contribution in [3.05, 3.63) is 12.2 Å². The summed E-state index contributed by atoms with van der Waals surface area (Å²) < 4.78 is 1.76. The van der Waals surface area contributed by atoms with Gasteiger partial charge < -0.3 is 10.4 Å². The van der Waals surface area contributed by atoms with Crippen molar-refractivity contribution < 1.29 is 5.11 Å². The van der Waals surface area contributed by atoms with Crippen LogP contribution >= 0.6 is 0 Å². The maximum absolute atomic E-state index is 9.56. The van der Waals surface area contributed by atoms with E-state index in [1.54, 1.807) is 11.0 Å². The van der Waals surface area contributed by atoms with Crippen LogP contribution in [0.25, 0.3) is 0 Å². The van der Waals surface area contributed by atoms with Crippen LogP contribution in [0.2, 0.25) is 0 Å². The molecule has 0 amide bonds. The first kappa shape index (κ1) is 8.65. The highest BCUT2D eigenvalue weighted by Gasteiger charge is 2.26. The molecular weight excluding hydrogens is 168 g/mol. The Morgan fingerprint density at radius 3 is 3.08 bits per heavy atom. The van der Waals surface area contributed by atoms with Crippen LogP contribution in [0.3, 0.4) is 0 Å². The Balaban J connectivity index is 2.01. The van der Waals surface area contributed by atoms with E-state index in [4.69, 9.17) is 0 Å². The zero-order chi connectivity index (χ0) is 9.26. The van der Waals surface area contributed by atoms with Crippen LogP contribution in [0.5, 0.6) is 0 Å². The fraction of sp³-hybridized carbons (Fsp3) is 0.750. The van der Waals surface area contributed by atoms with E-state index < -0.39 is 0 Å². The van der Waals surface area contributed by atoms with Gasteiger partial charge in [-0.3, -0.25) is 4.68 Å². The smallest absolute Gasteiger partial charge is 0.138 e. The molecule has 2 rings (SSSR count). The van der Waals surface area contributed by atoms with Crippen molar-refractivity contribution in [2.75, 3.05) is 13.1 Å². The van der Waals surface area contributed by atoms with E-state index in [9.17, 15) is 5.11 Å². The molecule has 2 N–H and O–H groups in total. The van der Waals surface area contributed by atoms with Crippen LogP contribution < -0.4 is 5.32 Å². The molecule has 1 saturated heterocycles. The van der Waals surface area contributed by atoms with Crippen LogP contribution in [-0.2, 0) is 13.5 Å². The summed E-state index contributed by atoms with van der Waals surface area (Å²) in [6, 6.07) is 0. The number of aliphatic hydroxyl groups excluding tert-OH is 1. The lowest BCUT2D eigenvalue weighted by molar-refractivity contribution is 0.146. The zero-order valence-corrected chi connectivity index (χ0v) is 7.64. The summed E-state index contributed by atoms with van der Waals surface area (Å²) in [4.78, 5) is 4.13.